The van der Waals surface area contributed by atoms with Crippen molar-refractivity contribution in [1.29, 1.82) is 0 Å². The fraction of sp³-hybridized carbons (Fsp3) is 0.182. The number of aromatic nitrogens is 1. The average Bonchev–Trinajstić information content (AvgIpc) is 2.39. The number of fused-ring (bicyclic) bond motifs is 1. The fourth-order valence-electron chi connectivity index (χ4n) is 1.90. The highest BCUT2D eigenvalue weighted by Crippen LogP contribution is 2.27. The highest BCUT2D eigenvalue weighted by atomic mass is 79.9. The van der Waals surface area contributed by atoms with Gasteiger partial charge in [-0.2, -0.15) is 0 Å². The first kappa shape index (κ1) is 10.2. The maximum Gasteiger partial charge on any atom is 0.352 e. The van der Waals surface area contributed by atoms with Gasteiger partial charge in [0, 0.05) is 22.4 Å². The van der Waals surface area contributed by atoms with Gasteiger partial charge in [0.15, 0.2) is 0 Å². The number of carboxylic acid groups (broad SMARTS) is 1. The molecule has 1 aromatic carbocycles. The van der Waals surface area contributed by atoms with Crippen LogP contribution in [0.1, 0.15) is 16.1 Å². The Morgan fingerprint density at radius 2 is 2.13 bits per heavy atom. The number of aromatic carboxylic acids is 1. The van der Waals surface area contributed by atoms with Gasteiger partial charge < -0.3 is 9.67 Å². The summed E-state index contributed by atoms with van der Waals surface area (Å²) >= 11 is 3.38. The molecule has 0 amide bonds. The van der Waals surface area contributed by atoms with Crippen molar-refractivity contribution in [3.05, 3.63) is 33.9 Å². The molecule has 0 bridgehead atoms. The SMILES string of the molecule is Cc1c(C(=O)O)n(C)c2cc(Br)ccc12. The summed E-state index contributed by atoms with van der Waals surface area (Å²) in [6.45, 7) is 1.83. The van der Waals surface area contributed by atoms with E-state index in [2.05, 4.69) is 15.9 Å². The highest BCUT2D eigenvalue weighted by Gasteiger charge is 2.16. The van der Waals surface area contributed by atoms with Gasteiger partial charge in [0.2, 0.25) is 0 Å². The van der Waals surface area contributed by atoms with Gasteiger partial charge in [-0.3, -0.25) is 0 Å². The smallest absolute Gasteiger partial charge is 0.352 e. The van der Waals surface area contributed by atoms with Crippen molar-refractivity contribution >= 4 is 32.8 Å². The van der Waals surface area contributed by atoms with E-state index in [1.54, 1.807) is 11.6 Å². The summed E-state index contributed by atoms with van der Waals surface area (Å²) in [6.07, 6.45) is 0. The van der Waals surface area contributed by atoms with Crippen molar-refractivity contribution in [2.45, 2.75) is 6.92 Å². The van der Waals surface area contributed by atoms with Crippen molar-refractivity contribution < 1.29 is 9.90 Å². The molecule has 0 atom stereocenters. The number of carboxylic acids is 1. The molecular weight excluding hydrogens is 258 g/mol. The molecule has 4 heteroatoms. The quantitative estimate of drug-likeness (QED) is 0.863. The largest absolute Gasteiger partial charge is 0.477 e. The number of carbonyl (C=O) groups is 1. The lowest BCUT2D eigenvalue weighted by atomic mass is 10.1. The van der Waals surface area contributed by atoms with Crippen molar-refractivity contribution in [3.8, 4) is 0 Å². The van der Waals surface area contributed by atoms with Gasteiger partial charge in [0.05, 0.1) is 0 Å². The second-order valence-electron chi connectivity index (χ2n) is 3.50. The number of halogens is 1. The molecule has 0 saturated heterocycles. The fourth-order valence-corrected chi connectivity index (χ4v) is 2.25. The van der Waals surface area contributed by atoms with E-state index in [0.717, 1.165) is 20.9 Å². The maximum atomic E-state index is 11.1. The van der Waals surface area contributed by atoms with Crippen LogP contribution in [0.25, 0.3) is 10.9 Å². The molecule has 0 aliphatic rings. The number of rotatable bonds is 1. The number of nitrogens with zero attached hydrogens (tertiary/aromatic N) is 1. The Balaban J connectivity index is 2.91. The minimum Gasteiger partial charge on any atom is -0.477 e. The van der Waals surface area contributed by atoms with E-state index in [-0.39, 0.29) is 0 Å². The molecule has 1 aromatic heterocycles. The van der Waals surface area contributed by atoms with Crippen LogP contribution in [0.5, 0.6) is 0 Å². The molecule has 1 heterocycles. The molecule has 0 unspecified atom stereocenters. The molecule has 1 N–H and O–H groups in total. The summed E-state index contributed by atoms with van der Waals surface area (Å²) in [6, 6.07) is 5.77. The number of hydrogen-bond donors (Lipinski definition) is 1. The van der Waals surface area contributed by atoms with Crippen LogP contribution in [0.4, 0.5) is 0 Å². The minimum absolute atomic E-state index is 0.350. The van der Waals surface area contributed by atoms with Gasteiger partial charge >= 0.3 is 5.97 Å². The van der Waals surface area contributed by atoms with Gasteiger partial charge in [0.25, 0.3) is 0 Å². The molecule has 0 fully saturated rings. The summed E-state index contributed by atoms with van der Waals surface area (Å²) in [5.41, 5.74) is 2.09. The molecule has 2 aromatic rings. The summed E-state index contributed by atoms with van der Waals surface area (Å²) in [5, 5.41) is 10.1. The number of aryl methyl sites for hydroxylation is 2. The molecule has 0 spiro atoms. The zero-order valence-corrected chi connectivity index (χ0v) is 10.00. The summed E-state index contributed by atoms with van der Waals surface area (Å²) < 4.78 is 2.66. The van der Waals surface area contributed by atoms with Crippen LogP contribution in [0.3, 0.4) is 0 Å². The van der Waals surface area contributed by atoms with Crippen LogP contribution in [-0.4, -0.2) is 15.6 Å². The lowest BCUT2D eigenvalue weighted by Crippen LogP contribution is -2.05. The van der Waals surface area contributed by atoms with Gasteiger partial charge in [-0.1, -0.05) is 22.0 Å². The third kappa shape index (κ3) is 1.45. The van der Waals surface area contributed by atoms with Gasteiger partial charge in [-0.15, -0.1) is 0 Å². The molecule has 0 aliphatic carbocycles. The van der Waals surface area contributed by atoms with E-state index in [9.17, 15) is 4.79 Å². The molecule has 0 radical (unpaired) electrons. The minimum atomic E-state index is -0.887. The lowest BCUT2D eigenvalue weighted by Gasteiger charge is -1.99. The zero-order chi connectivity index (χ0) is 11.2. The van der Waals surface area contributed by atoms with E-state index in [1.807, 2.05) is 25.1 Å². The lowest BCUT2D eigenvalue weighted by molar-refractivity contribution is 0.0686. The molecule has 0 saturated carbocycles. The van der Waals surface area contributed by atoms with E-state index in [0.29, 0.717) is 5.69 Å². The van der Waals surface area contributed by atoms with E-state index in [1.165, 1.54) is 0 Å². The molecule has 15 heavy (non-hydrogen) atoms. The monoisotopic (exact) mass is 267 g/mol. The molecule has 3 nitrogen and oxygen atoms in total. The summed E-state index contributed by atoms with van der Waals surface area (Å²) in [7, 11) is 1.77. The Kier molecular flexibility index (Phi) is 2.31. The number of benzene rings is 1. The van der Waals surface area contributed by atoms with Crippen molar-refractivity contribution in [2.75, 3.05) is 0 Å². The van der Waals surface area contributed by atoms with Crippen molar-refractivity contribution in [3.63, 3.8) is 0 Å². The Bertz CT molecular complexity index is 557. The molecular formula is C11H10BrNO2. The van der Waals surface area contributed by atoms with Crippen LogP contribution in [-0.2, 0) is 7.05 Å². The molecule has 0 aliphatic heterocycles. The molecule has 78 valence electrons. The standard InChI is InChI=1S/C11H10BrNO2/c1-6-8-4-3-7(12)5-9(8)13(2)10(6)11(14)15/h3-5H,1-2H3,(H,14,15). The van der Waals surface area contributed by atoms with Gasteiger partial charge in [-0.05, 0) is 24.6 Å². The second kappa shape index (κ2) is 3.38. The van der Waals surface area contributed by atoms with Crippen LogP contribution in [0.15, 0.2) is 22.7 Å². The third-order valence-electron chi connectivity index (χ3n) is 2.62. The normalized spacial score (nSPS) is 10.9. The van der Waals surface area contributed by atoms with Gasteiger partial charge in [-0.25, -0.2) is 4.79 Å². The Morgan fingerprint density at radius 3 is 2.73 bits per heavy atom. The first-order valence-electron chi connectivity index (χ1n) is 4.50. The van der Waals surface area contributed by atoms with Crippen LogP contribution < -0.4 is 0 Å². The maximum absolute atomic E-state index is 11.1. The van der Waals surface area contributed by atoms with Crippen molar-refractivity contribution in [1.82, 2.24) is 4.57 Å². The Hall–Kier alpha value is -1.29. The van der Waals surface area contributed by atoms with E-state index >= 15 is 0 Å². The number of hydrogen-bond acceptors (Lipinski definition) is 1. The van der Waals surface area contributed by atoms with E-state index < -0.39 is 5.97 Å². The van der Waals surface area contributed by atoms with E-state index in [4.69, 9.17) is 5.11 Å². The van der Waals surface area contributed by atoms with Crippen LogP contribution in [0.2, 0.25) is 0 Å². The zero-order valence-electron chi connectivity index (χ0n) is 8.41. The Labute approximate surface area is 95.5 Å². The average molecular weight is 268 g/mol. The topological polar surface area (TPSA) is 42.2 Å². The third-order valence-corrected chi connectivity index (χ3v) is 3.11. The first-order valence-corrected chi connectivity index (χ1v) is 5.29. The predicted octanol–water partition coefficient (Wildman–Crippen LogP) is 2.95. The molecule has 2 rings (SSSR count). The highest BCUT2D eigenvalue weighted by molar-refractivity contribution is 9.10. The Morgan fingerprint density at radius 1 is 1.47 bits per heavy atom. The van der Waals surface area contributed by atoms with Gasteiger partial charge in [0.1, 0.15) is 5.69 Å². The summed E-state index contributed by atoms with van der Waals surface area (Å²) in [4.78, 5) is 11.1. The van der Waals surface area contributed by atoms with Crippen molar-refractivity contribution in [2.24, 2.45) is 7.05 Å². The second-order valence-corrected chi connectivity index (χ2v) is 4.41. The first-order chi connectivity index (χ1) is 7.02. The van der Waals surface area contributed by atoms with Crippen LogP contribution in [0, 0.1) is 6.92 Å². The predicted molar refractivity (Wildman–Crippen MR) is 62.3 cm³/mol. The van der Waals surface area contributed by atoms with Crippen LogP contribution >= 0.6 is 15.9 Å². The summed E-state index contributed by atoms with van der Waals surface area (Å²) in [5.74, 6) is -0.887.